The first-order chi connectivity index (χ1) is 15.9. The van der Waals surface area contributed by atoms with Crippen LogP contribution in [0.2, 0.25) is 0 Å². The Bertz CT molecular complexity index is 1260. The van der Waals surface area contributed by atoms with Crippen molar-refractivity contribution < 1.29 is 18.3 Å². The first-order valence-corrected chi connectivity index (χ1v) is 10.8. The summed E-state index contributed by atoms with van der Waals surface area (Å²) in [4.78, 5) is 21.7. The molecular formula is C25H24F2N4O2. The maximum Gasteiger partial charge on any atom is 0.260 e. The zero-order valence-corrected chi connectivity index (χ0v) is 18.4. The van der Waals surface area contributed by atoms with E-state index < -0.39 is 11.6 Å². The lowest BCUT2D eigenvalue weighted by atomic mass is 9.95. The van der Waals surface area contributed by atoms with Crippen molar-refractivity contribution >= 4 is 17.5 Å². The fraction of sp³-hybridized carbons (Fsp3) is 0.280. The molecule has 0 radical (unpaired) electrons. The maximum absolute atomic E-state index is 15.1. The number of benzene rings is 2. The smallest absolute Gasteiger partial charge is 0.260 e. The predicted octanol–water partition coefficient (Wildman–Crippen LogP) is 4.04. The fourth-order valence-electron chi connectivity index (χ4n) is 4.66. The Kier molecular flexibility index (Phi) is 5.25. The molecule has 1 saturated heterocycles. The summed E-state index contributed by atoms with van der Waals surface area (Å²) < 4.78 is 35.2. The molecule has 5 rings (SSSR count). The third kappa shape index (κ3) is 3.60. The van der Waals surface area contributed by atoms with E-state index in [-0.39, 0.29) is 35.4 Å². The first kappa shape index (κ1) is 21.3. The van der Waals surface area contributed by atoms with Crippen LogP contribution in [0.25, 0.3) is 11.1 Å². The molecule has 0 saturated carbocycles. The van der Waals surface area contributed by atoms with E-state index in [9.17, 15) is 9.18 Å². The number of ether oxygens (including phenoxy) is 1. The number of rotatable bonds is 4. The normalized spacial score (nSPS) is 17.6. The summed E-state index contributed by atoms with van der Waals surface area (Å²) in [6.07, 6.45) is 0.881. The highest BCUT2D eigenvalue weighted by Gasteiger charge is 2.35. The molecule has 1 atom stereocenters. The number of carbonyl (C=O) groups is 1. The van der Waals surface area contributed by atoms with Gasteiger partial charge in [0.15, 0.2) is 0 Å². The zero-order chi connectivity index (χ0) is 23.3. The summed E-state index contributed by atoms with van der Waals surface area (Å²) in [5.41, 5.74) is 7.78. The van der Waals surface area contributed by atoms with Crippen LogP contribution in [0.5, 0.6) is 5.75 Å². The van der Waals surface area contributed by atoms with Crippen molar-refractivity contribution in [2.45, 2.75) is 25.9 Å². The Balaban J connectivity index is 1.59. The number of nitrogens with two attached hydrogens (primary N) is 1. The molecule has 2 aliphatic heterocycles. The van der Waals surface area contributed by atoms with Crippen LogP contribution >= 0.6 is 0 Å². The minimum Gasteiger partial charge on any atom is -0.496 e. The Labute approximate surface area is 190 Å². The summed E-state index contributed by atoms with van der Waals surface area (Å²) >= 11 is 0. The van der Waals surface area contributed by atoms with Crippen LogP contribution in [-0.2, 0) is 6.54 Å². The number of hydrogen-bond acceptors (Lipinski definition) is 5. The number of carbonyl (C=O) groups excluding carboxylic acids is 1. The molecule has 0 spiro atoms. The van der Waals surface area contributed by atoms with Gasteiger partial charge < -0.3 is 15.4 Å². The van der Waals surface area contributed by atoms with Gasteiger partial charge in [-0.2, -0.15) is 0 Å². The van der Waals surface area contributed by atoms with Crippen molar-refractivity contribution in [3.63, 3.8) is 0 Å². The Morgan fingerprint density at radius 1 is 1.09 bits per heavy atom. The van der Waals surface area contributed by atoms with Gasteiger partial charge >= 0.3 is 0 Å². The van der Waals surface area contributed by atoms with Gasteiger partial charge in [0.2, 0.25) is 0 Å². The summed E-state index contributed by atoms with van der Waals surface area (Å²) in [5, 5.41) is 0. The topological polar surface area (TPSA) is 71.7 Å². The maximum atomic E-state index is 15.1. The van der Waals surface area contributed by atoms with Gasteiger partial charge in [-0.05, 0) is 60.9 Å². The van der Waals surface area contributed by atoms with E-state index in [1.54, 1.807) is 6.07 Å². The van der Waals surface area contributed by atoms with Crippen molar-refractivity contribution in [3.8, 4) is 16.9 Å². The molecule has 1 fully saturated rings. The van der Waals surface area contributed by atoms with Crippen molar-refractivity contribution in [3.05, 3.63) is 70.8 Å². The lowest BCUT2D eigenvalue weighted by Gasteiger charge is -2.21. The fourth-order valence-corrected chi connectivity index (χ4v) is 4.66. The van der Waals surface area contributed by atoms with E-state index in [2.05, 4.69) is 4.90 Å². The summed E-state index contributed by atoms with van der Waals surface area (Å²) in [6, 6.07) is 10.8. The molecule has 2 aromatic carbocycles. The number of methoxy groups -OCH3 is 1. The number of anilines is 2. The highest BCUT2D eigenvalue weighted by Crippen LogP contribution is 2.41. The summed E-state index contributed by atoms with van der Waals surface area (Å²) in [7, 11) is 1.40. The lowest BCUT2D eigenvalue weighted by Crippen LogP contribution is -2.28. The molecule has 3 aromatic rings. The second kappa shape index (κ2) is 8.12. The summed E-state index contributed by atoms with van der Waals surface area (Å²) in [6.45, 7) is 3.52. The van der Waals surface area contributed by atoms with Gasteiger partial charge in [0.05, 0.1) is 19.2 Å². The highest BCUT2D eigenvalue weighted by atomic mass is 19.1. The highest BCUT2D eigenvalue weighted by molar-refractivity contribution is 6.11. The average Bonchev–Trinajstić information content (AvgIpc) is 3.37. The molecule has 6 nitrogen and oxygen atoms in total. The van der Waals surface area contributed by atoms with Gasteiger partial charge in [-0.3, -0.25) is 9.69 Å². The van der Waals surface area contributed by atoms with Crippen LogP contribution in [0.1, 0.15) is 27.9 Å². The SMILES string of the molecule is COc1cccc(F)c1-c1c(F)ccc2c1CN(c1cc(C)cc(N3CCC(N)C3)n1)C2=O. The number of nitrogens with zero attached hydrogens (tertiary/aromatic N) is 3. The number of amides is 1. The van der Waals surface area contributed by atoms with E-state index in [1.165, 1.54) is 36.3 Å². The molecule has 1 aromatic heterocycles. The molecule has 0 aliphatic carbocycles. The molecule has 33 heavy (non-hydrogen) atoms. The van der Waals surface area contributed by atoms with E-state index in [4.69, 9.17) is 15.5 Å². The van der Waals surface area contributed by atoms with E-state index in [1.807, 2.05) is 19.1 Å². The second-order valence-corrected chi connectivity index (χ2v) is 8.51. The molecule has 0 bridgehead atoms. The number of fused-ring (bicyclic) bond motifs is 1. The summed E-state index contributed by atoms with van der Waals surface area (Å²) in [5.74, 6) is -0.106. The quantitative estimate of drug-likeness (QED) is 0.650. The number of pyridine rings is 1. The molecule has 2 N–H and O–H groups in total. The van der Waals surface area contributed by atoms with E-state index in [0.29, 0.717) is 23.5 Å². The number of halogens is 2. The lowest BCUT2D eigenvalue weighted by molar-refractivity contribution is 0.0996. The first-order valence-electron chi connectivity index (χ1n) is 10.8. The Morgan fingerprint density at radius 2 is 1.85 bits per heavy atom. The second-order valence-electron chi connectivity index (χ2n) is 8.51. The third-order valence-corrected chi connectivity index (χ3v) is 6.27. The number of aromatic nitrogens is 1. The minimum atomic E-state index is -0.617. The van der Waals surface area contributed by atoms with Crippen molar-refractivity contribution in [1.82, 2.24) is 4.98 Å². The average molecular weight is 450 g/mol. The number of hydrogen-bond donors (Lipinski definition) is 1. The largest absolute Gasteiger partial charge is 0.496 e. The monoisotopic (exact) mass is 450 g/mol. The van der Waals surface area contributed by atoms with Gasteiger partial charge in [0, 0.05) is 30.3 Å². The molecular weight excluding hydrogens is 426 g/mol. The van der Waals surface area contributed by atoms with Crippen LogP contribution in [0, 0.1) is 18.6 Å². The Hall–Kier alpha value is -3.52. The molecule has 8 heteroatoms. The van der Waals surface area contributed by atoms with Crippen molar-refractivity contribution in [2.24, 2.45) is 5.73 Å². The molecule has 170 valence electrons. The number of aryl methyl sites for hydroxylation is 1. The van der Waals surface area contributed by atoms with Gasteiger partial charge in [0.25, 0.3) is 5.91 Å². The van der Waals surface area contributed by atoms with Gasteiger partial charge in [0.1, 0.15) is 29.0 Å². The third-order valence-electron chi connectivity index (χ3n) is 6.27. The minimum absolute atomic E-state index is 0.00736. The Morgan fingerprint density at radius 3 is 2.58 bits per heavy atom. The van der Waals surface area contributed by atoms with E-state index >= 15 is 4.39 Å². The van der Waals surface area contributed by atoms with Crippen LogP contribution in [0.3, 0.4) is 0 Å². The van der Waals surface area contributed by atoms with Crippen LogP contribution < -0.4 is 20.3 Å². The van der Waals surface area contributed by atoms with Gasteiger partial charge in [-0.15, -0.1) is 0 Å². The molecule has 3 heterocycles. The van der Waals surface area contributed by atoms with Crippen LogP contribution in [0.4, 0.5) is 20.4 Å². The molecule has 1 amide bonds. The van der Waals surface area contributed by atoms with Gasteiger partial charge in [-0.25, -0.2) is 13.8 Å². The van der Waals surface area contributed by atoms with Crippen LogP contribution in [0.15, 0.2) is 42.5 Å². The zero-order valence-electron chi connectivity index (χ0n) is 18.4. The standard InChI is InChI=1S/C25H24F2N4O2/c1-14-10-21(30-9-8-15(28)12-30)29-22(11-14)31-13-17-16(25(31)32)6-7-19(27)23(17)24-18(26)4-3-5-20(24)33-2/h3-7,10-11,15H,8-9,12-13,28H2,1-2H3. The van der Waals surface area contributed by atoms with E-state index in [0.717, 1.165) is 24.3 Å². The predicted molar refractivity (Wildman–Crippen MR) is 123 cm³/mol. The van der Waals surface area contributed by atoms with Crippen molar-refractivity contribution in [1.29, 1.82) is 0 Å². The van der Waals surface area contributed by atoms with Gasteiger partial charge in [-0.1, -0.05) is 6.07 Å². The van der Waals surface area contributed by atoms with Crippen LogP contribution in [-0.4, -0.2) is 37.1 Å². The molecule has 2 aliphatic rings. The van der Waals surface area contributed by atoms with Crippen molar-refractivity contribution in [2.75, 3.05) is 30.0 Å². The molecule has 1 unspecified atom stereocenters.